The summed E-state index contributed by atoms with van der Waals surface area (Å²) in [5, 5.41) is 0. The van der Waals surface area contributed by atoms with Gasteiger partial charge in [0.25, 0.3) is 0 Å². The minimum absolute atomic E-state index is 0.144. The summed E-state index contributed by atoms with van der Waals surface area (Å²) < 4.78 is 11.6. The Morgan fingerprint density at radius 3 is 2.73 bits per heavy atom. The second-order valence-corrected chi connectivity index (χ2v) is 6.35. The average molecular weight is 300 g/mol. The van der Waals surface area contributed by atoms with Gasteiger partial charge in [0, 0.05) is 17.9 Å². The third-order valence-corrected chi connectivity index (χ3v) is 5.23. The van der Waals surface area contributed by atoms with Crippen molar-refractivity contribution < 1.29 is 14.3 Å². The largest absolute Gasteiger partial charge is 0.493 e. The summed E-state index contributed by atoms with van der Waals surface area (Å²) in [5.41, 5.74) is 2.41. The molecule has 2 heterocycles. The molecule has 2 aliphatic rings. The van der Waals surface area contributed by atoms with Gasteiger partial charge in [0.05, 0.1) is 12.0 Å². The summed E-state index contributed by atoms with van der Waals surface area (Å²) in [6, 6.07) is 6.52. The third-order valence-electron chi connectivity index (χ3n) is 5.23. The number of ether oxygens (including phenoxy) is 2. The van der Waals surface area contributed by atoms with Gasteiger partial charge in [-0.3, -0.25) is 4.79 Å². The van der Waals surface area contributed by atoms with E-state index in [1.807, 2.05) is 0 Å². The van der Waals surface area contributed by atoms with Crippen LogP contribution in [0.4, 0.5) is 0 Å². The average Bonchev–Trinajstić information content (AvgIpc) is 3.17. The van der Waals surface area contributed by atoms with Crippen LogP contribution in [0.15, 0.2) is 30.0 Å². The molecule has 118 valence electrons. The Hall–Kier alpha value is -1.77. The first kappa shape index (κ1) is 15.1. The van der Waals surface area contributed by atoms with Crippen LogP contribution in [0.1, 0.15) is 57.1 Å². The van der Waals surface area contributed by atoms with Crippen molar-refractivity contribution in [2.45, 2.75) is 57.5 Å². The van der Waals surface area contributed by atoms with Crippen molar-refractivity contribution in [3.05, 3.63) is 41.2 Å². The number of hydrogen-bond donors (Lipinski definition) is 0. The van der Waals surface area contributed by atoms with E-state index >= 15 is 0 Å². The van der Waals surface area contributed by atoms with E-state index in [0.29, 0.717) is 12.3 Å². The van der Waals surface area contributed by atoms with Crippen molar-refractivity contribution >= 4 is 6.29 Å². The van der Waals surface area contributed by atoms with Gasteiger partial charge in [0.1, 0.15) is 11.5 Å². The van der Waals surface area contributed by atoms with Gasteiger partial charge in [-0.2, -0.15) is 0 Å². The highest BCUT2D eigenvalue weighted by Crippen LogP contribution is 2.45. The maximum absolute atomic E-state index is 11.0. The third kappa shape index (κ3) is 2.23. The van der Waals surface area contributed by atoms with E-state index in [1.54, 1.807) is 0 Å². The Kier molecular flexibility index (Phi) is 3.98. The SMILES string of the molecule is CCC(CC)(C1=CCC(C=O)O1)c1ccc2c(c1)C(C)CO2. The number of allylic oxidation sites excluding steroid dienone is 1. The maximum atomic E-state index is 11.0. The second kappa shape index (κ2) is 5.79. The fraction of sp³-hybridized carbons (Fsp3) is 0.526. The number of hydrogen-bond acceptors (Lipinski definition) is 3. The lowest BCUT2D eigenvalue weighted by atomic mass is 9.73. The van der Waals surface area contributed by atoms with Crippen LogP contribution in [0.3, 0.4) is 0 Å². The molecule has 2 unspecified atom stereocenters. The highest BCUT2D eigenvalue weighted by molar-refractivity contribution is 5.58. The van der Waals surface area contributed by atoms with Crippen LogP contribution in [0, 0.1) is 0 Å². The lowest BCUT2D eigenvalue weighted by molar-refractivity contribution is -0.115. The van der Waals surface area contributed by atoms with Crippen LogP contribution < -0.4 is 4.74 Å². The molecule has 0 saturated heterocycles. The van der Waals surface area contributed by atoms with Crippen LogP contribution in [0.25, 0.3) is 0 Å². The Labute approximate surface area is 132 Å². The smallest absolute Gasteiger partial charge is 0.160 e. The maximum Gasteiger partial charge on any atom is 0.160 e. The highest BCUT2D eigenvalue weighted by atomic mass is 16.5. The molecule has 0 saturated carbocycles. The molecule has 0 fully saturated rings. The predicted octanol–water partition coefficient (Wildman–Crippen LogP) is 4.11. The molecule has 1 aromatic rings. The van der Waals surface area contributed by atoms with E-state index in [4.69, 9.17) is 9.47 Å². The van der Waals surface area contributed by atoms with E-state index in [1.165, 1.54) is 11.1 Å². The Morgan fingerprint density at radius 1 is 1.32 bits per heavy atom. The van der Waals surface area contributed by atoms with Gasteiger partial charge < -0.3 is 9.47 Å². The predicted molar refractivity (Wildman–Crippen MR) is 86.2 cm³/mol. The molecule has 2 aliphatic heterocycles. The van der Waals surface area contributed by atoms with E-state index in [-0.39, 0.29) is 11.5 Å². The number of benzene rings is 1. The zero-order valence-corrected chi connectivity index (χ0v) is 13.6. The first-order chi connectivity index (χ1) is 10.6. The van der Waals surface area contributed by atoms with E-state index in [9.17, 15) is 4.79 Å². The van der Waals surface area contributed by atoms with Gasteiger partial charge in [-0.1, -0.05) is 32.9 Å². The molecule has 0 aromatic heterocycles. The van der Waals surface area contributed by atoms with Gasteiger partial charge >= 0.3 is 0 Å². The molecule has 22 heavy (non-hydrogen) atoms. The zero-order chi connectivity index (χ0) is 15.7. The molecule has 2 atom stereocenters. The first-order valence-corrected chi connectivity index (χ1v) is 8.24. The molecule has 1 aromatic carbocycles. The Bertz CT molecular complexity index is 599. The van der Waals surface area contributed by atoms with Crippen LogP contribution in [-0.4, -0.2) is 19.0 Å². The Morgan fingerprint density at radius 2 is 2.09 bits per heavy atom. The Balaban J connectivity index is 2.01. The molecule has 0 aliphatic carbocycles. The van der Waals surface area contributed by atoms with Crippen molar-refractivity contribution in [3.8, 4) is 5.75 Å². The van der Waals surface area contributed by atoms with Crippen molar-refractivity contribution in [1.29, 1.82) is 0 Å². The van der Waals surface area contributed by atoms with Crippen molar-refractivity contribution in [1.82, 2.24) is 0 Å². The highest BCUT2D eigenvalue weighted by Gasteiger charge is 2.39. The number of carbonyl (C=O) groups excluding carboxylic acids is 1. The molecule has 0 amide bonds. The summed E-state index contributed by atoms with van der Waals surface area (Å²) in [4.78, 5) is 11.0. The molecule has 3 heteroatoms. The van der Waals surface area contributed by atoms with Crippen LogP contribution in [0.2, 0.25) is 0 Å². The lowest BCUT2D eigenvalue weighted by Crippen LogP contribution is -2.29. The normalized spacial score (nSPS) is 23.5. The zero-order valence-electron chi connectivity index (χ0n) is 13.6. The number of aldehydes is 1. The van der Waals surface area contributed by atoms with Gasteiger partial charge in [-0.25, -0.2) is 0 Å². The van der Waals surface area contributed by atoms with Crippen LogP contribution in [0.5, 0.6) is 5.75 Å². The quantitative estimate of drug-likeness (QED) is 0.768. The van der Waals surface area contributed by atoms with E-state index in [2.05, 4.69) is 45.0 Å². The second-order valence-electron chi connectivity index (χ2n) is 6.35. The minimum atomic E-state index is -0.316. The lowest BCUT2D eigenvalue weighted by Gasteiger charge is -2.34. The van der Waals surface area contributed by atoms with Gasteiger partial charge in [-0.15, -0.1) is 0 Å². The van der Waals surface area contributed by atoms with Crippen molar-refractivity contribution in [3.63, 3.8) is 0 Å². The van der Waals surface area contributed by atoms with Gasteiger partial charge in [0.2, 0.25) is 0 Å². The molecule has 0 radical (unpaired) electrons. The fourth-order valence-electron chi connectivity index (χ4n) is 3.69. The van der Waals surface area contributed by atoms with Crippen LogP contribution in [-0.2, 0) is 14.9 Å². The summed E-state index contributed by atoms with van der Waals surface area (Å²) >= 11 is 0. The summed E-state index contributed by atoms with van der Waals surface area (Å²) in [6.45, 7) is 7.34. The van der Waals surface area contributed by atoms with Crippen LogP contribution >= 0.6 is 0 Å². The topological polar surface area (TPSA) is 35.5 Å². The standard InChI is InChI=1S/C19H24O3/c1-4-19(5-2,18-9-7-15(11-20)22-18)14-6-8-17-16(10-14)13(3)12-21-17/h6,8-11,13,15H,4-5,7,12H2,1-3H3. The monoisotopic (exact) mass is 300 g/mol. The van der Waals surface area contributed by atoms with Gasteiger partial charge in [0.15, 0.2) is 12.4 Å². The van der Waals surface area contributed by atoms with Crippen molar-refractivity contribution in [2.75, 3.05) is 6.61 Å². The molecule has 3 nitrogen and oxygen atoms in total. The molecular formula is C19H24O3. The molecular weight excluding hydrogens is 276 g/mol. The van der Waals surface area contributed by atoms with Gasteiger partial charge in [-0.05, 0) is 30.5 Å². The fourth-order valence-corrected chi connectivity index (χ4v) is 3.69. The van der Waals surface area contributed by atoms with E-state index < -0.39 is 0 Å². The summed E-state index contributed by atoms with van der Waals surface area (Å²) in [7, 11) is 0. The number of carbonyl (C=O) groups is 1. The minimum Gasteiger partial charge on any atom is -0.493 e. The summed E-state index contributed by atoms with van der Waals surface area (Å²) in [5.74, 6) is 2.40. The van der Waals surface area contributed by atoms with E-state index in [0.717, 1.165) is 37.2 Å². The number of fused-ring (bicyclic) bond motifs is 1. The van der Waals surface area contributed by atoms with Crippen molar-refractivity contribution in [2.24, 2.45) is 0 Å². The molecule has 0 N–H and O–H groups in total. The molecule has 0 bridgehead atoms. The molecule has 3 rings (SSSR count). The summed E-state index contributed by atoms with van der Waals surface area (Å²) in [6.07, 6.45) is 5.27. The molecule has 0 spiro atoms. The number of rotatable bonds is 5. The first-order valence-electron chi connectivity index (χ1n) is 8.24.